The molecule has 2 amide bonds. The van der Waals surface area contributed by atoms with Gasteiger partial charge in [-0.05, 0) is 47.9 Å². The molecule has 2 heterocycles. The number of rotatable bonds is 7. The van der Waals surface area contributed by atoms with Crippen molar-refractivity contribution in [3.8, 4) is 0 Å². The Morgan fingerprint density at radius 3 is 2.27 bits per heavy atom. The van der Waals surface area contributed by atoms with Crippen LogP contribution < -0.4 is 15.1 Å². The topological polar surface area (TPSA) is 133 Å². The average Bonchev–Trinajstić information content (AvgIpc) is 3.40. The molecule has 2 saturated heterocycles. The van der Waals surface area contributed by atoms with E-state index in [4.69, 9.17) is 11.6 Å². The number of benzene rings is 3. The molecule has 10 nitrogen and oxygen atoms in total. The van der Waals surface area contributed by atoms with Crippen LogP contribution in [0.4, 0.5) is 17.1 Å². The summed E-state index contributed by atoms with van der Waals surface area (Å²) in [5.74, 6) is -4.70. The number of non-ortho nitro benzene ring substituents is 1. The quantitative estimate of drug-likeness (QED) is 0.249. The van der Waals surface area contributed by atoms with E-state index in [-0.39, 0.29) is 17.8 Å². The van der Waals surface area contributed by atoms with Crippen LogP contribution in [0.15, 0.2) is 66.7 Å². The molecule has 0 spiro atoms. The number of amides is 2. The van der Waals surface area contributed by atoms with E-state index in [1.807, 2.05) is 43.3 Å². The Morgan fingerprint density at radius 2 is 1.73 bits per heavy atom. The van der Waals surface area contributed by atoms with Gasteiger partial charge in [-0.3, -0.25) is 29.8 Å². The lowest BCUT2D eigenvalue weighted by Crippen LogP contribution is -2.57. The number of hydrogen-bond acceptors (Lipinski definition) is 7. The lowest BCUT2D eigenvalue weighted by atomic mass is 9.76. The van der Waals surface area contributed by atoms with E-state index in [1.165, 1.54) is 30.3 Å². The van der Waals surface area contributed by atoms with Crippen molar-refractivity contribution >= 4 is 46.4 Å². The predicted octanol–water partition coefficient (Wildman–Crippen LogP) is 4.14. The summed E-state index contributed by atoms with van der Waals surface area (Å²) >= 11 is 6.31. The van der Waals surface area contributed by atoms with Crippen molar-refractivity contribution in [2.45, 2.75) is 24.9 Å². The molecule has 5 rings (SSSR count). The zero-order valence-electron chi connectivity index (χ0n) is 22.0. The molecule has 4 unspecified atom stereocenters. The van der Waals surface area contributed by atoms with Crippen LogP contribution in [-0.4, -0.2) is 47.4 Å². The van der Waals surface area contributed by atoms with Gasteiger partial charge >= 0.3 is 5.97 Å². The van der Waals surface area contributed by atoms with Crippen LogP contribution in [0.2, 0.25) is 5.02 Å². The summed E-state index contributed by atoms with van der Waals surface area (Å²) in [7, 11) is 3.78. The molecule has 11 heteroatoms. The van der Waals surface area contributed by atoms with Gasteiger partial charge < -0.3 is 10.0 Å². The zero-order chi connectivity index (χ0) is 28.9. The first-order valence-electron chi connectivity index (χ1n) is 12.6. The molecule has 3 aromatic carbocycles. The number of nitro groups is 1. The second kappa shape index (κ2) is 10.0. The monoisotopic (exact) mass is 562 g/mol. The van der Waals surface area contributed by atoms with Crippen molar-refractivity contribution in [2.24, 2.45) is 11.8 Å². The molecule has 206 valence electrons. The maximum atomic E-state index is 14.0. The molecule has 2 fully saturated rings. The van der Waals surface area contributed by atoms with Crippen LogP contribution in [-0.2, 0) is 20.8 Å². The number of aliphatic carboxylic acids is 1. The average molecular weight is 563 g/mol. The molecular weight excluding hydrogens is 536 g/mol. The largest absolute Gasteiger partial charge is 0.480 e. The third kappa shape index (κ3) is 4.39. The number of nitrogens with zero attached hydrogens (tertiary/aromatic N) is 3. The Labute approximate surface area is 235 Å². The van der Waals surface area contributed by atoms with E-state index in [0.717, 1.165) is 16.2 Å². The minimum Gasteiger partial charge on any atom is -0.480 e. The molecule has 0 aliphatic carbocycles. The van der Waals surface area contributed by atoms with E-state index in [9.17, 15) is 29.6 Å². The molecule has 0 saturated carbocycles. The van der Waals surface area contributed by atoms with Gasteiger partial charge in [0, 0.05) is 49.4 Å². The minimum atomic E-state index is -1.86. The number of imide groups is 1. The predicted molar refractivity (Wildman–Crippen MR) is 149 cm³/mol. The number of carbonyl (C=O) groups is 3. The molecule has 40 heavy (non-hydrogen) atoms. The standard InChI is InChI=1S/C29H27ClN4O6/c1-16-4-9-21(14-22(16)30)33-26(35)23-24(27(33)36)29(28(37)38,15-17-5-10-20(11-6-17)34(39)40)31-25(23)18-7-12-19(13-8-18)32(2)3/h4-14,23-25,31H,15H2,1-3H3,(H,37,38). The van der Waals surface area contributed by atoms with E-state index in [0.29, 0.717) is 16.1 Å². The minimum absolute atomic E-state index is 0.140. The van der Waals surface area contributed by atoms with Gasteiger partial charge in [-0.25, -0.2) is 4.90 Å². The van der Waals surface area contributed by atoms with E-state index in [2.05, 4.69) is 5.32 Å². The molecule has 0 aromatic heterocycles. The van der Waals surface area contributed by atoms with Crippen molar-refractivity contribution in [3.05, 3.63) is 98.6 Å². The Bertz CT molecular complexity index is 1520. The number of carboxylic acid groups (broad SMARTS) is 1. The zero-order valence-corrected chi connectivity index (χ0v) is 22.8. The molecule has 2 aliphatic heterocycles. The maximum absolute atomic E-state index is 14.0. The van der Waals surface area contributed by atoms with Crippen LogP contribution >= 0.6 is 11.6 Å². The molecule has 2 N–H and O–H groups in total. The van der Waals surface area contributed by atoms with Crippen LogP contribution in [0.1, 0.15) is 22.7 Å². The third-order valence-corrected chi connectivity index (χ3v) is 8.26. The summed E-state index contributed by atoms with van der Waals surface area (Å²) in [4.78, 5) is 54.6. The SMILES string of the molecule is Cc1ccc(N2C(=O)C3C(c4ccc(N(C)C)cc4)NC(Cc4ccc([N+](=O)[O-])cc4)(C(=O)O)C3C2=O)cc1Cl. The number of halogens is 1. The van der Waals surface area contributed by atoms with Gasteiger partial charge in [0.05, 0.1) is 22.4 Å². The van der Waals surface area contributed by atoms with Crippen molar-refractivity contribution in [1.82, 2.24) is 5.32 Å². The van der Waals surface area contributed by atoms with Gasteiger partial charge in [0.2, 0.25) is 11.8 Å². The van der Waals surface area contributed by atoms with E-state index in [1.54, 1.807) is 19.1 Å². The number of carboxylic acids is 1. The van der Waals surface area contributed by atoms with Crippen LogP contribution in [0.25, 0.3) is 0 Å². The number of hydrogen-bond donors (Lipinski definition) is 2. The van der Waals surface area contributed by atoms with Crippen LogP contribution in [0.5, 0.6) is 0 Å². The van der Waals surface area contributed by atoms with Gasteiger partial charge in [-0.2, -0.15) is 0 Å². The highest BCUT2D eigenvalue weighted by Crippen LogP contribution is 2.51. The number of anilines is 2. The molecule has 4 atom stereocenters. The molecule has 0 bridgehead atoms. The summed E-state index contributed by atoms with van der Waals surface area (Å²) in [5, 5.41) is 25.3. The van der Waals surface area contributed by atoms with Crippen molar-refractivity contribution in [2.75, 3.05) is 23.9 Å². The first-order valence-corrected chi connectivity index (χ1v) is 13.0. The lowest BCUT2D eigenvalue weighted by molar-refractivity contribution is -0.384. The highest BCUT2D eigenvalue weighted by Gasteiger charge is 2.68. The summed E-state index contributed by atoms with van der Waals surface area (Å²) in [6.07, 6.45) is -0.171. The Hall–Kier alpha value is -4.28. The first-order chi connectivity index (χ1) is 18.9. The second-order valence-corrected chi connectivity index (χ2v) is 10.8. The molecule has 2 aliphatic rings. The Kier molecular flexibility index (Phi) is 6.85. The van der Waals surface area contributed by atoms with E-state index >= 15 is 0 Å². The highest BCUT2D eigenvalue weighted by molar-refractivity contribution is 6.32. The van der Waals surface area contributed by atoms with Crippen LogP contribution in [0, 0.1) is 28.9 Å². The fourth-order valence-electron chi connectivity index (χ4n) is 5.74. The fourth-order valence-corrected chi connectivity index (χ4v) is 5.91. The summed E-state index contributed by atoms with van der Waals surface area (Å²) < 4.78 is 0. The van der Waals surface area contributed by atoms with Gasteiger partial charge in [-0.1, -0.05) is 41.9 Å². The van der Waals surface area contributed by atoms with Crippen molar-refractivity contribution < 1.29 is 24.4 Å². The molecule has 3 aromatic rings. The summed E-state index contributed by atoms with van der Waals surface area (Å²) in [6.45, 7) is 1.80. The smallest absolute Gasteiger partial charge is 0.325 e. The van der Waals surface area contributed by atoms with Crippen molar-refractivity contribution in [1.29, 1.82) is 0 Å². The normalized spacial score (nSPS) is 23.8. The Balaban J connectivity index is 1.63. The maximum Gasteiger partial charge on any atom is 0.325 e. The molecule has 0 radical (unpaired) electrons. The van der Waals surface area contributed by atoms with Gasteiger partial charge in [0.1, 0.15) is 5.54 Å². The third-order valence-electron chi connectivity index (χ3n) is 7.85. The van der Waals surface area contributed by atoms with Gasteiger partial charge in [0.15, 0.2) is 0 Å². The van der Waals surface area contributed by atoms with Crippen molar-refractivity contribution in [3.63, 3.8) is 0 Å². The second-order valence-electron chi connectivity index (χ2n) is 10.4. The van der Waals surface area contributed by atoms with Gasteiger partial charge in [0.25, 0.3) is 5.69 Å². The van der Waals surface area contributed by atoms with Crippen LogP contribution in [0.3, 0.4) is 0 Å². The molecular formula is C29H27ClN4O6. The Morgan fingerprint density at radius 1 is 1.07 bits per heavy atom. The number of fused-ring (bicyclic) bond motifs is 1. The highest BCUT2D eigenvalue weighted by atomic mass is 35.5. The number of nitrogens with one attached hydrogen (secondary N) is 1. The summed E-state index contributed by atoms with van der Waals surface area (Å²) in [5.41, 5.74) is 1.09. The summed E-state index contributed by atoms with van der Waals surface area (Å²) in [6, 6.07) is 16.9. The first kappa shape index (κ1) is 27.3. The number of aryl methyl sites for hydroxylation is 1. The number of carbonyl (C=O) groups excluding carboxylic acids is 2. The van der Waals surface area contributed by atoms with E-state index < -0.39 is 46.1 Å². The number of nitro benzene ring substituents is 1. The fraction of sp³-hybridized carbons (Fsp3) is 0.276. The lowest BCUT2D eigenvalue weighted by Gasteiger charge is -2.31. The van der Waals surface area contributed by atoms with Gasteiger partial charge in [-0.15, -0.1) is 0 Å².